The van der Waals surface area contributed by atoms with Crippen LogP contribution in [0.15, 0.2) is 0 Å². The molecule has 0 radical (unpaired) electrons. The van der Waals surface area contributed by atoms with Crippen LogP contribution in [0.1, 0.15) is 26.7 Å². The van der Waals surface area contributed by atoms with Crippen molar-refractivity contribution < 1.29 is 14.3 Å². The van der Waals surface area contributed by atoms with E-state index in [1.807, 2.05) is 13.8 Å². The highest BCUT2D eigenvalue weighted by molar-refractivity contribution is 5.95. The van der Waals surface area contributed by atoms with E-state index < -0.39 is 0 Å². The molecule has 0 unspecified atom stereocenters. The van der Waals surface area contributed by atoms with E-state index >= 15 is 0 Å². The third kappa shape index (κ3) is 1.18. The van der Waals surface area contributed by atoms with E-state index in [2.05, 4.69) is 0 Å². The van der Waals surface area contributed by atoms with Gasteiger partial charge in [-0.2, -0.15) is 0 Å². The van der Waals surface area contributed by atoms with Crippen molar-refractivity contribution in [2.24, 2.45) is 17.3 Å². The average molecular weight is 182 g/mol. The van der Waals surface area contributed by atoms with Crippen molar-refractivity contribution in [3.63, 3.8) is 0 Å². The number of hydrogen-bond acceptors (Lipinski definition) is 3. The Kier molecular flexibility index (Phi) is 1.72. The molecule has 2 atom stereocenters. The van der Waals surface area contributed by atoms with Crippen LogP contribution in [0.5, 0.6) is 0 Å². The van der Waals surface area contributed by atoms with Gasteiger partial charge in [-0.05, 0) is 12.8 Å². The normalized spacial score (nSPS) is 37.1. The summed E-state index contributed by atoms with van der Waals surface area (Å²) in [5.74, 6) is -0.129. The highest BCUT2D eigenvalue weighted by Gasteiger charge is 2.52. The SMILES string of the molecule is CC1(C)C[C@H]([C@H]2CCOC2=O)C1=O. The van der Waals surface area contributed by atoms with Crippen LogP contribution in [-0.4, -0.2) is 18.4 Å². The summed E-state index contributed by atoms with van der Waals surface area (Å²) >= 11 is 0. The molecule has 0 aromatic carbocycles. The quantitative estimate of drug-likeness (QED) is 0.571. The highest BCUT2D eigenvalue weighted by atomic mass is 16.5. The highest BCUT2D eigenvalue weighted by Crippen LogP contribution is 2.46. The summed E-state index contributed by atoms with van der Waals surface area (Å²) < 4.78 is 4.85. The number of carbonyl (C=O) groups excluding carboxylic acids is 2. The molecule has 3 heteroatoms. The van der Waals surface area contributed by atoms with Gasteiger partial charge in [0, 0.05) is 11.3 Å². The fraction of sp³-hybridized carbons (Fsp3) is 0.800. The van der Waals surface area contributed by atoms with Crippen LogP contribution in [-0.2, 0) is 14.3 Å². The van der Waals surface area contributed by atoms with Crippen molar-refractivity contribution in [3.05, 3.63) is 0 Å². The zero-order chi connectivity index (χ0) is 9.64. The molecule has 1 saturated carbocycles. The monoisotopic (exact) mass is 182 g/mol. The largest absolute Gasteiger partial charge is 0.465 e. The van der Waals surface area contributed by atoms with E-state index in [-0.39, 0.29) is 29.0 Å². The molecule has 1 aliphatic carbocycles. The van der Waals surface area contributed by atoms with Gasteiger partial charge in [0.2, 0.25) is 0 Å². The van der Waals surface area contributed by atoms with Crippen molar-refractivity contribution in [1.82, 2.24) is 0 Å². The number of hydrogen-bond donors (Lipinski definition) is 0. The zero-order valence-electron chi connectivity index (χ0n) is 8.00. The molecule has 0 amide bonds. The molecule has 1 aliphatic heterocycles. The molecule has 0 N–H and O–H groups in total. The molecule has 0 aromatic rings. The molecule has 0 bridgehead atoms. The maximum absolute atomic E-state index is 11.6. The van der Waals surface area contributed by atoms with Gasteiger partial charge in [0.1, 0.15) is 5.78 Å². The number of Topliss-reactive ketones (excluding diaryl/α,β-unsaturated/α-hetero) is 1. The van der Waals surface area contributed by atoms with Gasteiger partial charge in [-0.3, -0.25) is 9.59 Å². The first-order valence-corrected chi connectivity index (χ1v) is 4.73. The second-order valence-corrected chi connectivity index (χ2v) is 4.62. The summed E-state index contributed by atoms with van der Waals surface area (Å²) in [6.45, 7) is 4.37. The van der Waals surface area contributed by atoms with E-state index in [0.717, 1.165) is 12.8 Å². The summed E-state index contributed by atoms with van der Waals surface area (Å²) in [5.41, 5.74) is -0.201. The van der Waals surface area contributed by atoms with Crippen LogP contribution in [0.4, 0.5) is 0 Å². The average Bonchev–Trinajstić information content (AvgIpc) is 2.47. The third-order valence-electron chi connectivity index (χ3n) is 3.20. The van der Waals surface area contributed by atoms with Gasteiger partial charge in [-0.25, -0.2) is 0 Å². The summed E-state index contributed by atoms with van der Waals surface area (Å²) in [6, 6.07) is 0. The van der Waals surface area contributed by atoms with Gasteiger partial charge in [0.15, 0.2) is 0 Å². The molecule has 2 rings (SSSR count). The molecule has 72 valence electrons. The van der Waals surface area contributed by atoms with Crippen LogP contribution in [0.2, 0.25) is 0 Å². The Morgan fingerprint density at radius 3 is 2.38 bits per heavy atom. The Morgan fingerprint density at radius 1 is 1.31 bits per heavy atom. The second kappa shape index (κ2) is 2.56. The Balaban J connectivity index is 2.05. The molecule has 1 saturated heterocycles. The minimum atomic E-state index is -0.201. The molecule has 1 heterocycles. The lowest BCUT2D eigenvalue weighted by Crippen LogP contribution is -2.48. The van der Waals surface area contributed by atoms with E-state index in [0.29, 0.717) is 6.61 Å². The first-order valence-electron chi connectivity index (χ1n) is 4.73. The third-order valence-corrected chi connectivity index (χ3v) is 3.20. The van der Waals surface area contributed by atoms with Crippen LogP contribution >= 0.6 is 0 Å². The van der Waals surface area contributed by atoms with Gasteiger partial charge in [0.25, 0.3) is 0 Å². The van der Waals surface area contributed by atoms with E-state index in [9.17, 15) is 9.59 Å². The lowest BCUT2D eigenvalue weighted by Gasteiger charge is -2.42. The van der Waals surface area contributed by atoms with Crippen molar-refractivity contribution in [2.75, 3.05) is 6.61 Å². The van der Waals surface area contributed by atoms with Gasteiger partial charge in [-0.15, -0.1) is 0 Å². The first kappa shape index (κ1) is 8.73. The molecule has 2 aliphatic rings. The smallest absolute Gasteiger partial charge is 0.309 e. The predicted molar refractivity (Wildman–Crippen MR) is 46.0 cm³/mol. The predicted octanol–water partition coefficient (Wildman–Crippen LogP) is 1.16. The van der Waals surface area contributed by atoms with Crippen molar-refractivity contribution >= 4 is 11.8 Å². The van der Waals surface area contributed by atoms with E-state index in [1.54, 1.807) is 0 Å². The maximum Gasteiger partial charge on any atom is 0.309 e. The number of cyclic esters (lactones) is 1. The van der Waals surface area contributed by atoms with Crippen LogP contribution in [0.3, 0.4) is 0 Å². The molecular formula is C10H14O3. The summed E-state index contributed by atoms with van der Waals surface area (Å²) in [4.78, 5) is 22.8. The fourth-order valence-corrected chi connectivity index (χ4v) is 2.32. The number of ketones is 1. The minimum Gasteiger partial charge on any atom is -0.465 e. The molecule has 2 fully saturated rings. The summed E-state index contributed by atoms with van der Waals surface area (Å²) in [7, 11) is 0. The van der Waals surface area contributed by atoms with Crippen LogP contribution in [0, 0.1) is 17.3 Å². The molecular weight excluding hydrogens is 168 g/mol. The Bertz CT molecular complexity index is 267. The zero-order valence-corrected chi connectivity index (χ0v) is 8.00. The van der Waals surface area contributed by atoms with E-state index in [1.165, 1.54) is 0 Å². The Labute approximate surface area is 77.4 Å². The lowest BCUT2D eigenvalue weighted by atomic mass is 9.59. The summed E-state index contributed by atoms with van der Waals surface area (Å²) in [5, 5.41) is 0. The number of esters is 1. The molecule has 3 nitrogen and oxygen atoms in total. The lowest BCUT2D eigenvalue weighted by molar-refractivity contribution is -0.155. The summed E-state index contributed by atoms with van der Waals surface area (Å²) in [6.07, 6.45) is 1.57. The molecule has 0 aromatic heterocycles. The minimum absolute atomic E-state index is 0.0509. The maximum atomic E-state index is 11.6. The van der Waals surface area contributed by atoms with Crippen molar-refractivity contribution in [3.8, 4) is 0 Å². The van der Waals surface area contributed by atoms with Gasteiger partial charge in [-0.1, -0.05) is 13.8 Å². The standard InChI is InChI=1S/C10H14O3/c1-10(2)5-7(8(10)11)6-3-4-13-9(6)12/h6-7H,3-5H2,1-2H3/t6-,7-/m1/s1. The van der Waals surface area contributed by atoms with Crippen molar-refractivity contribution in [2.45, 2.75) is 26.7 Å². The Morgan fingerprint density at radius 2 is 2.00 bits per heavy atom. The van der Waals surface area contributed by atoms with Crippen LogP contribution in [0.25, 0.3) is 0 Å². The number of ether oxygens (including phenoxy) is 1. The molecule has 13 heavy (non-hydrogen) atoms. The number of rotatable bonds is 1. The van der Waals surface area contributed by atoms with Gasteiger partial charge < -0.3 is 4.74 Å². The Hall–Kier alpha value is -0.860. The fourth-order valence-electron chi connectivity index (χ4n) is 2.32. The number of carbonyl (C=O) groups is 2. The molecule has 0 spiro atoms. The van der Waals surface area contributed by atoms with Crippen LogP contribution < -0.4 is 0 Å². The topological polar surface area (TPSA) is 43.4 Å². The van der Waals surface area contributed by atoms with Gasteiger partial charge >= 0.3 is 5.97 Å². The van der Waals surface area contributed by atoms with Gasteiger partial charge in [0.05, 0.1) is 12.5 Å². The first-order chi connectivity index (χ1) is 6.02. The van der Waals surface area contributed by atoms with Crippen molar-refractivity contribution in [1.29, 1.82) is 0 Å². The second-order valence-electron chi connectivity index (χ2n) is 4.62. The van der Waals surface area contributed by atoms with E-state index in [4.69, 9.17) is 4.74 Å².